The van der Waals surface area contributed by atoms with Crippen LogP contribution >= 0.6 is 11.6 Å². The molecule has 2 unspecified atom stereocenters. The van der Waals surface area contributed by atoms with Gasteiger partial charge in [0.05, 0.1) is 6.54 Å². The largest absolute Gasteiger partial charge is 0.325 e. The standard InChI is InChI=1S/C17H24ClN3O/c1-11-15(18)4-3-5-16(11)20-17(22)10-21(2)14-8-12-6-7-13(9-14)19-12/h3-5,12-14,19H,6-10H2,1-2H3,(H,20,22). The van der Waals surface area contributed by atoms with Gasteiger partial charge in [-0.15, -0.1) is 0 Å². The molecular weight excluding hydrogens is 298 g/mol. The van der Waals surface area contributed by atoms with Crippen LogP contribution in [0.25, 0.3) is 0 Å². The summed E-state index contributed by atoms with van der Waals surface area (Å²) in [5, 5.41) is 7.30. The molecule has 1 aromatic rings. The van der Waals surface area contributed by atoms with Gasteiger partial charge in [-0.3, -0.25) is 9.69 Å². The molecule has 0 aliphatic carbocycles. The highest BCUT2D eigenvalue weighted by atomic mass is 35.5. The molecule has 2 aliphatic rings. The van der Waals surface area contributed by atoms with E-state index < -0.39 is 0 Å². The second-order valence-corrected chi connectivity index (χ2v) is 7.05. The van der Waals surface area contributed by atoms with Crippen LogP contribution in [0, 0.1) is 6.92 Å². The quantitative estimate of drug-likeness (QED) is 0.896. The molecule has 1 amide bonds. The molecule has 5 heteroatoms. The molecule has 22 heavy (non-hydrogen) atoms. The molecule has 2 bridgehead atoms. The van der Waals surface area contributed by atoms with E-state index in [0.29, 0.717) is 29.7 Å². The van der Waals surface area contributed by atoms with Crippen molar-refractivity contribution in [2.24, 2.45) is 0 Å². The Bertz CT molecular complexity index is 551. The normalized spacial score (nSPS) is 27.2. The van der Waals surface area contributed by atoms with Crippen LogP contribution in [0.5, 0.6) is 0 Å². The molecule has 0 saturated carbocycles. The Kier molecular flexibility index (Phi) is 4.71. The highest BCUT2D eigenvalue weighted by Gasteiger charge is 2.35. The fraction of sp³-hybridized carbons (Fsp3) is 0.588. The summed E-state index contributed by atoms with van der Waals surface area (Å²) < 4.78 is 0. The van der Waals surface area contributed by atoms with Crippen LogP contribution in [0.1, 0.15) is 31.2 Å². The highest BCUT2D eigenvalue weighted by molar-refractivity contribution is 6.31. The molecule has 2 saturated heterocycles. The number of carbonyl (C=O) groups excluding carboxylic acids is 1. The minimum Gasteiger partial charge on any atom is -0.325 e. The number of amides is 1. The maximum atomic E-state index is 12.3. The summed E-state index contributed by atoms with van der Waals surface area (Å²) in [5.74, 6) is 0.0266. The third-order valence-electron chi connectivity index (χ3n) is 5.01. The Morgan fingerprint density at radius 3 is 2.73 bits per heavy atom. The molecule has 2 atom stereocenters. The molecule has 120 valence electrons. The van der Waals surface area contributed by atoms with Gasteiger partial charge in [0, 0.05) is 28.8 Å². The van der Waals surface area contributed by atoms with E-state index in [4.69, 9.17) is 11.6 Å². The number of rotatable bonds is 4. The Morgan fingerprint density at radius 2 is 2.05 bits per heavy atom. The Balaban J connectivity index is 1.56. The monoisotopic (exact) mass is 321 g/mol. The van der Waals surface area contributed by atoms with Crippen molar-refractivity contribution in [1.82, 2.24) is 10.2 Å². The molecule has 2 heterocycles. The van der Waals surface area contributed by atoms with Crippen molar-refractivity contribution in [2.75, 3.05) is 18.9 Å². The lowest BCUT2D eigenvalue weighted by atomic mass is 9.98. The second kappa shape index (κ2) is 6.57. The van der Waals surface area contributed by atoms with E-state index in [-0.39, 0.29) is 5.91 Å². The van der Waals surface area contributed by atoms with Gasteiger partial charge in [0.1, 0.15) is 0 Å². The van der Waals surface area contributed by atoms with Gasteiger partial charge in [-0.05, 0) is 57.4 Å². The summed E-state index contributed by atoms with van der Waals surface area (Å²) in [6.07, 6.45) is 4.86. The van der Waals surface area contributed by atoms with Crippen LogP contribution in [0.2, 0.25) is 5.02 Å². The molecule has 0 radical (unpaired) electrons. The van der Waals surface area contributed by atoms with Crippen molar-refractivity contribution in [3.8, 4) is 0 Å². The molecule has 2 fully saturated rings. The summed E-state index contributed by atoms with van der Waals surface area (Å²) in [5.41, 5.74) is 1.72. The van der Waals surface area contributed by atoms with Gasteiger partial charge in [-0.2, -0.15) is 0 Å². The topological polar surface area (TPSA) is 44.4 Å². The Morgan fingerprint density at radius 1 is 1.36 bits per heavy atom. The van der Waals surface area contributed by atoms with Gasteiger partial charge >= 0.3 is 0 Å². The minimum atomic E-state index is 0.0266. The van der Waals surface area contributed by atoms with E-state index in [0.717, 1.165) is 24.1 Å². The molecule has 0 aromatic heterocycles. The zero-order valence-electron chi connectivity index (χ0n) is 13.2. The van der Waals surface area contributed by atoms with Crippen molar-refractivity contribution in [1.29, 1.82) is 0 Å². The van der Waals surface area contributed by atoms with E-state index in [9.17, 15) is 4.79 Å². The van der Waals surface area contributed by atoms with E-state index in [1.54, 1.807) is 0 Å². The summed E-state index contributed by atoms with van der Waals surface area (Å²) >= 11 is 6.10. The van der Waals surface area contributed by atoms with Crippen LogP contribution in [0.3, 0.4) is 0 Å². The average Bonchev–Trinajstić information content (AvgIpc) is 2.82. The van der Waals surface area contributed by atoms with Gasteiger partial charge in [0.2, 0.25) is 5.91 Å². The number of anilines is 1. The maximum absolute atomic E-state index is 12.3. The van der Waals surface area contributed by atoms with Gasteiger partial charge in [-0.25, -0.2) is 0 Å². The van der Waals surface area contributed by atoms with Crippen molar-refractivity contribution in [3.05, 3.63) is 28.8 Å². The molecule has 1 aromatic carbocycles. The Labute approximate surface area is 137 Å². The first kappa shape index (κ1) is 15.8. The number of hydrogen-bond donors (Lipinski definition) is 2. The van der Waals surface area contributed by atoms with Gasteiger partial charge in [0.25, 0.3) is 0 Å². The van der Waals surface area contributed by atoms with Crippen LogP contribution in [0.4, 0.5) is 5.69 Å². The number of piperidine rings is 1. The number of carbonyl (C=O) groups is 1. The fourth-order valence-electron chi connectivity index (χ4n) is 3.68. The van der Waals surface area contributed by atoms with Crippen LogP contribution in [-0.4, -0.2) is 42.5 Å². The van der Waals surface area contributed by atoms with E-state index in [1.807, 2.05) is 25.1 Å². The lowest BCUT2D eigenvalue weighted by molar-refractivity contribution is -0.117. The number of nitrogens with zero attached hydrogens (tertiary/aromatic N) is 1. The first-order chi connectivity index (χ1) is 10.5. The summed E-state index contributed by atoms with van der Waals surface area (Å²) in [7, 11) is 2.06. The first-order valence-electron chi connectivity index (χ1n) is 8.04. The number of nitrogens with one attached hydrogen (secondary N) is 2. The van der Waals surface area contributed by atoms with Gasteiger partial charge < -0.3 is 10.6 Å². The smallest absolute Gasteiger partial charge is 0.238 e. The predicted molar refractivity (Wildman–Crippen MR) is 90.4 cm³/mol. The maximum Gasteiger partial charge on any atom is 0.238 e. The molecule has 0 spiro atoms. The summed E-state index contributed by atoms with van der Waals surface area (Å²) in [6.45, 7) is 2.35. The third-order valence-corrected chi connectivity index (χ3v) is 5.42. The predicted octanol–water partition coefficient (Wildman–Crippen LogP) is 2.80. The zero-order chi connectivity index (χ0) is 15.7. The fourth-order valence-corrected chi connectivity index (χ4v) is 3.85. The average molecular weight is 322 g/mol. The SMILES string of the molecule is Cc1c(Cl)cccc1NC(=O)CN(C)C1CC2CCC(C1)N2. The van der Waals surface area contributed by atoms with Crippen molar-refractivity contribution < 1.29 is 4.79 Å². The third kappa shape index (κ3) is 3.45. The number of benzene rings is 1. The number of halogens is 1. The van der Waals surface area contributed by atoms with E-state index >= 15 is 0 Å². The number of hydrogen-bond acceptors (Lipinski definition) is 3. The zero-order valence-corrected chi connectivity index (χ0v) is 14.0. The Hall–Kier alpha value is -1.10. The van der Waals surface area contributed by atoms with Crippen LogP contribution < -0.4 is 10.6 Å². The summed E-state index contributed by atoms with van der Waals surface area (Å²) in [6, 6.07) is 7.38. The van der Waals surface area contributed by atoms with Crippen molar-refractivity contribution >= 4 is 23.2 Å². The van der Waals surface area contributed by atoms with Gasteiger partial charge in [0.15, 0.2) is 0 Å². The molecule has 2 N–H and O–H groups in total. The molecular formula is C17H24ClN3O. The number of fused-ring (bicyclic) bond motifs is 2. The first-order valence-corrected chi connectivity index (χ1v) is 8.42. The summed E-state index contributed by atoms with van der Waals surface area (Å²) in [4.78, 5) is 14.5. The molecule has 3 rings (SSSR count). The highest BCUT2D eigenvalue weighted by Crippen LogP contribution is 2.29. The van der Waals surface area contributed by atoms with E-state index in [1.165, 1.54) is 12.8 Å². The van der Waals surface area contributed by atoms with E-state index in [2.05, 4.69) is 22.6 Å². The minimum absolute atomic E-state index is 0.0266. The second-order valence-electron chi connectivity index (χ2n) is 6.64. The lowest BCUT2D eigenvalue weighted by Crippen LogP contribution is -2.48. The molecule has 4 nitrogen and oxygen atoms in total. The number of likely N-dealkylation sites (N-methyl/N-ethyl adjacent to an activating group) is 1. The van der Waals surface area contributed by atoms with Gasteiger partial charge in [-0.1, -0.05) is 17.7 Å². The lowest BCUT2D eigenvalue weighted by Gasteiger charge is -2.35. The molecule has 2 aliphatic heterocycles. The van der Waals surface area contributed by atoms with Crippen LogP contribution in [-0.2, 0) is 4.79 Å². The van der Waals surface area contributed by atoms with Crippen molar-refractivity contribution in [3.63, 3.8) is 0 Å². The van der Waals surface area contributed by atoms with Crippen LogP contribution in [0.15, 0.2) is 18.2 Å². The van der Waals surface area contributed by atoms with Crippen molar-refractivity contribution in [2.45, 2.75) is 50.7 Å².